The lowest BCUT2D eigenvalue weighted by Gasteiger charge is -2.26. The van der Waals surface area contributed by atoms with E-state index in [1.54, 1.807) is 6.92 Å². The highest BCUT2D eigenvalue weighted by Crippen LogP contribution is 2.25. The lowest BCUT2D eigenvalue weighted by Crippen LogP contribution is -2.41. The predicted molar refractivity (Wildman–Crippen MR) is 72.3 cm³/mol. The summed E-state index contributed by atoms with van der Waals surface area (Å²) in [7, 11) is -3.82. The fourth-order valence-corrected chi connectivity index (χ4v) is 4.19. The Hall–Kier alpha value is -0.690. The zero-order valence-electron chi connectivity index (χ0n) is 10.6. The molecular formula is C12H16ClFN2O2S. The Bertz CT molecular complexity index is 559. The zero-order valence-corrected chi connectivity index (χ0v) is 12.1. The summed E-state index contributed by atoms with van der Waals surface area (Å²) in [6.45, 7) is 3.45. The van der Waals surface area contributed by atoms with Crippen molar-refractivity contribution in [3.05, 3.63) is 29.0 Å². The molecule has 1 heterocycles. The molecule has 1 unspecified atom stereocenters. The zero-order chi connectivity index (χ0) is 14.0. The number of sulfonamides is 1. The molecule has 1 N–H and O–H groups in total. The van der Waals surface area contributed by atoms with Crippen molar-refractivity contribution in [1.82, 2.24) is 9.62 Å². The molecule has 0 aromatic heterocycles. The van der Waals surface area contributed by atoms with Crippen LogP contribution in [0.2, 0.25) is 5.02 Å². The summed E-state index contributed by atoms with van der Waals surface area (Å²) in [5, 5.41) is 3.30. The minimum absolute atomic E-state index is 0.120. The number of nitrogens with zero attached hydrogens (tertiary/aromatic N) is 1. The highest BCUT2D eigenvalue weighted by molar-refractivity contribution is 7.89. The monoisotopic (exact) mass is 306 g/mol. The molecule has 1 saturated heterocycles. The number of hydrogen-bond acceptors (Lipinski definition) is 3. The van der Waals surface area contributed by atoms with Crippen LogP contribution in [-0.4, -0.2) is 38.4 Å². The molecule has 106 valence electrons. The van der Waals surface area contributed by atoms with Gasteiger partial charge in [-0.3, -0.25) is 0 Å². The van der Waals surface area contributed by atoms with Crippen molar-refractivity contribution >= 4 is 21.6 Å². The van der Waals surface area contributed by atoms with Gasteiger partial charge in [-0.2, -0.15) is 4.31 Å². The molecule has 2 rings (SSSR count). The molecule has 1 fully saturated rings. The maximum atomic E-state index is 13.8. The topological polar surface area (TPSA) is 49.4 Å². The molecule has 1 aliphatic heterocycles. The van der Waals surface area contributed by atoms with Gasteiger partial charge in [-0.1, -0.05) is 18.5 Å². The van der Waals surface area contributed by atoms with E-state index in [-0.39, 0.29) is 16.0 Å². The first kappa shape index (κ1) is 14.7. The smallest absolute Gasteiger partial charge is 0.246 e. The Balaban J connectivity index is 2.39. The maximum Gasteiger partial charge on any atom is 0.246 e. The van der Waals surface area contributed by atoms with Gasteiger partial charge in [0.25, 0.3) is 0 Å². The van der Waals surface area contributed by atoms with Gasteiger partial charge < -0.3 is 5.32 Å². The van der Waals surface area contributed by atoms with Gasteiger partial charge in [0.2, 0.25) is 10.0 Å². The van der Waals surface area contributed by atoms with Gasteiger partial charge in [-0.15, -0.1) is 0 Å². The summed E-state index contributed by atoms with van der Waals surface area (Å²) in [5.74, 6) is -0.808. The van der Waals surface area contributed by atoms with Crippen LogP contribution in [-0.2, 0) is 10.0 Å². The fraction of sp³-hybridized carbons (Fsp3) is 0.500. The normalized spacial score (nSPS) is 20.1. The number of hydrogen-bond donors (Lipinski definition) is 1. The van der Waals surface area contributed by atoms with Crippen LogP contribution in [0.3, 0.4) is 0 Å². The molecule has 0 saturated carbocycles. The van der Waals surface area contributed by atoms with E-state index in [2.05, 4.69) is 5.32 Å². The summed E-state index contributed by atoms with van der Waals surface area (Å²) in [4.78, 5) is -0.314. The van der Waals surface area contributed by atoms with Gasteiger partial charge in [0.15, 0.2) is 0 Å². The van der Waals surface area contributed by atoms with E-state index in [0.717, 1.165) is 19.0 Å². The Kier molecular flexibility index (Phi) is 4.45. The van der Waals surface area contributed by atoms with Crippen LogP contribution in [0.1, 0.15) is 13.3 Å². The van der Waals surface area contributed by atoms with E-state index < -0.39 is 15.8 Å². The minimum atomic E-state index is -3.82. The maximum absolute atomic E-state index is 13.8. The lowest BCUT2D eigenvalue weighted by atomic mass is 10.3. The molecule has 4 nitrogen and oxygen atoms in total. The first-order valence-electron chi connectivity index (χ1n) is 6.14. The molecule has 0 spiro atoms. The number of rotatable bonds is 4. The third-order valence-electron chi connectivity index (χ3n) is 3.23. The molecule has 0 aliphatic carbocycles. The van der Waals surface area contributed by atoms with Crippen molar-refractivity contribution in [2.45, 2.75) is 24.3 Å². The first-order valence-corrected chi connectivity index (χ1v) is 7.96. The number of likely N-dealkylation sites (N-methyl/N-ethyl adjacent to an activating group) is 1. The highest BCUT2D eigenvalue weighted by Gasteiger charge is 2.33. The number of benzene rings is 1. The Morgan fingerprint density at radius 2 is 2.26 bits per heavy atom. The van der Waals surface area contributed by atoms with Crippen molar-refractivity contribution in [1.29, 1.82) is 0 Å². The lowest BCUT2D eigenvalue weighted by molar-refractivity contribution is 0.347. The summed E-state index contributed by atoms with van der Waals surface area (Å²) in [5.41, 5.74) is 0. The van der Waals surface area contributed by atoms with E-state index in [0.29, 0.717) is 13.1 Å². The molecule has 0 bridgehead atoms. The molecule has 0 amide bonds. The summed E-state index contributed by atoms with van der Waals surface area (Å²) >= 11 is 5.65. The van der Waals surface area contributed by atoms with Crippen LogP contribution in [0.4, 0.5) is 4.39 Å². The van der Waals surface area contributed by atoms with Gasteiger partial charge in [-0.05, 0) is 31.2 Å². The van der Waals surface area contributed by atoms with E-state index >= 15 is 0 Å². The predicted octanol–water partition coefficient (Wildman–Crippen LogP) is 1.85. The van der Waals surface area contributed by atoms with Crippen LogP contribution >= 0.6 is 11.6 Å². The number of halogens is 2. The number of nitrogens with one attached hydrogen (secondary N) is 1. The van der Waals surface area contributed by atoms with Gasteiger partial charge in [0.1, 0.15) is 10.7 Å². The van der Waals surface area contributed by atoms with Crippen molar-refractivity contribution in [2.24, 2.45) is 0 Å². The highest BCUT2D eigenvalue weighted by atomic mass is 35.5. The van der Waals surface area contributed by atoms with E-state index in [4.69, 9.17) is 11.6 Å². The van der Waals surface area contributed by atoms with Gasteiger partial charge in [-0.25, -0.2) is 12.8 Å². The molecule has 1 aromatic rings. The quantitative estimate of drug-likeness (QED) is 0.923. The largest absolute Gasteiger partial charge is 0.315 e. The second kappa shape index (κ2) is 5.75. The molecule has 1 atom stereocenters. The van der Waals surface area contributed by atoms with Crippen LogP contribution in [0, 0.1) is 5.82 Å². The molecule has 19 heavy (non-hydrogen) atoms. The Morgan fingerprint density at radius 3 is 2.79 bits per heavy atom. The molecule has 1 aromatic carbocycles. The second-order valence-corrected chi connectivity index (χ2v) is 6.73. The third-order valence-corrected chi connectivity index (χ3v) is 5.53. The molecule has 1 aliphatic rings. The minimum Gasteiger partial charge on any atom is -0.315 e. The summed E-state index contributed by atoms with van der Waals surface area (Å²) in [6.07, 6.45) is 0.738. The van der Waals surface area contributed by atoms with Crippen LogP contribution in [0.15, 0.2) is 23.1 Å². The van der Waals surface area contributed by atoms with Gasteiger partial charge >= 0.3 is 0 Å². The standard InChI is InChI=1S/C12H16ClFN2O2S/c1-2-16(10-5-6-15-8-10)19(17,18)12-4-3-9(13)7-11(12)14/h3-4,7,10,15H,2,5-6,8H2,1H3. The van der Waals surface area contributed by atoms with Crippen molar-refractivity contribution < 1.29 is 12.8 Å². The first-order chi connectivity index (χ1) is 8.96. The molecule has 0 radical (unpaired) electrons. The van der Waals surface area contributed by atoms with Crippen molar-refractivity contribution in [2.75, 3.05) is 19.6 Å². The van der Waals surface area contributed by atoms with Gasteiger partial charge in [0.05, 0.1) is 0 Å². The summed E-state index contributed by atoms with van der Waals surface area (Å²) in [6, 6.07) is 3.51. The molecular weight excluding hydrogens is 291 g/mol. The third kappa shape index (κ3) is 2.91. The fourth-order valence-electron chi connectivity index (χ4n) is 2.32. The van der Waals surface area contributed by atoms with Crippen LogP contribution in [0.25, 0.3) is 0 Å². The van der Waals surface area contributed by atoms with Crippen molar-refractivity contribution in [3.63, 3.8) is 0 Å². The average Bonchev–Trinajstić information content (AvgIpc) is 2.82. The van der Waals surface area contributed by atoms with E-state index in [9.17, 15) is 12.8 Å². The van der Waals surface area contributed by atoms with E-state index in [1.165, 1.54) is 16.4 Å². The van der Waals surface area contributed by atoms with Crippen molar-refractivity contribution in [3.8, 4) is 0 Å². The average molecular weight is 307 g/mol. The molecule has 7 heteroatoms. The van der Waals surface area contributed by atoms with Crippen LogP contribution in [0.5, 0.6) is 0 Å². The Labute approximate surface area is 117 Å². The van der Waals surface area contributed by atoms with Crippen LogP contribution < -0.4 is 5.32 Å². The SMILES string of the molecule is CCN(C1CCNC1)S(=O)(=O)c1ccc(Cl)cc1F. The van der Waals surface area contributed by atoms with E-state index in [1.807, 2.05) is 0 Å². The van der Waals surface area contributed by atoms with Gasteiger partial charge in [0, 0.05) is 24.2 Å². The second-order valence-electron chi connectivity index (χ2n) is 4.43. The summed E-state index contributed by atoms with van der Waals surface area (Å²) < 4.78 is 40.2. The Morgan fingerprint density at radius 1 is 1.53 bits per heavy atom.